The minimum atomic E-state index is -0.355. The van der Waals surface area contributed by atoms with Gasteiger partial charge < -0.3 is 24.6 Å². The van der Waals surface area contributed by atoms with Crippen LogP contribution in [0.2, 0.25) is 0 Å². The van der Waals surface area contributed by atoms with Crippen molar-refractivity contribution < 1.29 is 18.7 Å². The van der Waals surface area contributed by atoms with E-state index in [0.717, 1.165) is 49.2 Å². The van der Waals surface area contributed by atoms with Gasteiger partial charge in [-0.15, -0.1) is 0 Å². The van der Waals surface area contributed by atoms with Gasteiger partial charge in [-0.1, -0.05) is 0 Å². The molecular weight excluding hydrogens is 385 g/mol. The standard InChI is InChI=1S/C23H28FN3O3/c1-29-21-12-16-8-11-27(15-17(16)13-22(21)30-2)23(28)25-19-14-18(24)6-7-20(19)26-9-4-3-5-10-26/h6-7,12-14H,3-5,8-11,15H2,1-2H3,(H,25,28). The first kappa shape index (κ1) is 20.3. The predicted molar refractivity (Wildman–Crippen MR) is 115 cm³/mol. The molecule has 2 aliphatic heterocycles. The van der Waals surface area contributed by atoms with Crippen molar-refractivity contribution >= 4 is 17.4 Å². The first-order valence-electron chi connectivity index (χ1n) is 10.4. The number of methoxy groups -OCH3 is 2. The summed E-state index contributed by atoms with van der Waals surface area (Å²) in [5.74, 6) is 0.989. The molecule has 7 heteroatoms. The van der Waals surface area contributed by atoms with Crippen LogP contribution in [-0.4, -0.2) is 44.8 Å². The molecule has 0 atom stereocenters. The number of fused-ring (bicyclic) bond motifs is 1. The van der Waals surface area contributed by atoms with Crippen molar-refractivity contribution in [3.8, 4) is 11.5 Å². The molecule has 2 amide bonds. The van der Waals surface area contributed by atoms with Crippen LogP contribution in [0.3, 0.4) is 0 Å². The Morgan fingerprint density at radius 2 is 1.67 bits per heavy atom. The smallest absolute Gasteiger partial charge is 0.322 e. The highest BCUT2D eigenvalue weighted by Crippen LogP contribution is 2.34. The molecule has 0 unspecified atom stereocenters. The maximum Gasteiger partial charge on any atom is 0.322 e. The first-order chi connectivity index (χ1) is 14.6. The van der Waals surface area contributed by atoms with Crippen molar-refractivity contribution in [2.24, 2.45) is 0 Å². The number of halogens is 1. The predicted octanol–water partition coefficient (Wildman–Crippen LogP) is 4.42. The van der Waals surface area contributed by atoms with Crippen molar-refractivity contribution in [3.63, 3.8) is 0 Å². The van der Waals surface area contributed by atoms with Crippen molar-refractivity contribution in [1.82, 2.24) is 4.90 Å². The Hall–Kier alpha value is -2.96. The molecule has 1 fully saturated rings. The summed E-state index contributed by atoms with van der Waals surface area (Å²) in [6.45, 7) is 2.90. The number of nitrogens with zero attached hydrogens (tertiary/aromatic N) is 2. The van der Waals surface area contributed by atoms with E-state index in [9.17, 15) is 9.18 Å². The Morgan fingerprint density at radius 1 is 0.967 bits per heavy atom. The maximum atomic E-state index is 13.9. The maximum absolute atomic E-state index is 13.9. The molecular formula is C23H28FN3O3. The summed E-state index contributed by atoms with van der Waals surface area (Å²) < 4.78 is 24.7. The van der Waals surface area contributed by atoms with E-state index in [-0.39, 0.29) is 11.8 Å². The zero-order chi connectivity index (χ0) is 21.1. The highest BCUT2D eigenvalue weighted by Gasteiger charge is 2.24. The summed E-state index contributed by atoms with van der Waals surface area (Å²) in [5, 5.41) is 2.95. The van der Waals surface area contributed by atoms with Gasteiger partial charge in [0.15, 0.2) is 11.5 Å². The lowest BCUT2D eigenvalue weighted by Gasteiger charge is -2.32. The third kappa shape index (κ3) is 4.15. The van der Waals surface area contributed by atoms with Crippen LogP contribution < -0.4 is 19.7 Å². The van der Waals surface area contributed by atoms with Crippen LogP contribution >= 0.6 is 0 Å². The van der Waals surface area contributed by atoms with Gasteiger partial charge in [0.25, 0.3) is 0 Å². The normalized spacial score (nSPS) is 16.1. The van der Waals surface area contributed by atoms with Gasteiger partial charge in [-0.25, -0.2) is 9.18 Å². The Labute approximate surface area is 176 Å². The van der Waals surface area contributed by atoms with Gasteiger partial charge in [-0.05, 0) is 67.1 Å². The lowest BCUT2D eigenvalue weighted by molar-refractivity contribution is 0.206. The molecule has 160 valence electrons. The molecule has 1 N–H and O–H groups in total. The Bertz CT molecular complexity index is 928. The third-order valence-electron chi connectivity index (χ3n) is 5.90. The second-order valence-corrected chi connectivity index (χ2v) is 7.79. The minimum Gasteiger partial charge on any atom is -0.493 e. The van der Waals surface area contributed by atoms with Crippen LogP contribution in [0.4, 0.5) is 20.6 Å². The van der Waals surface area contributed by atoms with Crippen LogP contribution in [-0.2, 0) is 13.0 Å². The molecule has 2 heterocycles. The van der Waals surface area contributed by atoms with Crippen molar-refractivity contribution in [2.75, 3.05) is 44.1 Å². The van der Waals surface area contributed by atoms with Crippen LogP contribution in [0.25, 0.3) is 0 Å². The van der Waals surface area contributed by atoms with Crippen LogP contribution in [0.1, 0.15) is 30.4 Å². The summed E-state index contributed by atoms with van der Waals surface area (Å²) in [6.07, 6.45) is 4.16. The Morgan fingerprint density at radius 3 is 2.37 bits per heavy atom. The van der Waals surface area contributed by atoms with Gasteiger partial charge in [-0.3, -0.25) is 0 Å². The summed E-state index contributed by atoms with van der Waals surface area (Å²) in [6, 6.07) is 8.31. The zero-order valence-electron chi connectivity index (χ0n) is 17.5. The number of hydrogen-bond acceptors (Lipinski definition) is 4. The SMILES string of the molecule is COc1cc2c(cc1OC)CN(C(=O)Nc1cc(F)ccc1N1CCCCC1)CC2. The number of carbonyl (C=O) groups excluding carboxylic acids is 1. The largest absolute Gasteiger partial charge is 0.493 e. The van der Waals surface area contributed by atoms with Gasteiger partial charge in [0.1, 0.15) is 5.82 Å². The molecule has 0 bridgehead atoms. The van der Waals surface area contributed by atoms with Gasteiger partial charge in [0.05, 0.1) is 25.6 Å². The highest BCUT2D eigenvalue weighted by molar-refractivity contribution is 5.93. The van der Waals surface area contributed by atoms with Gasteiger partial charge in [0, 0.05) is 26.2 Å². The number of amides is 2. The fourth-order valence-corrected chi connectivity index (χ4v) is 4.27. The Balaban J connectivity index is 1.52. The van der Waals surface area contributed by atoms with Gasteiger partial charge in [0.2, 0.25) is 0 Å². The van der Waals surface area contributed by atoms with Crippen LogP contribution in [0.5, 0.6) is 11.5 Å². The number of rotatable bonds is 4. The van der Waals surface area contributed by atoms with Crippen molar-refractivity contribution in [1.29, 1.82) is 0 Å². The topological polar surface area (TPSA) is 54.0 Å². The lowest BCUT2D eigenvalue weighted by Crippen LogP contribution is -2.39. The molecule has 1 saturated heterocycles. The van der Waals surface area contributed by atoms with Crippen LogP contribution in [0, 0.1) is 5.82 Å². The minimum absolute atomic E-state index is 0.223. The summed E-state index contributed by atoms with van der Waals surface area (Å²) in [7, 11) is 3.22. The molecule has 2 aromatic carbocycles. The Kier molecular flexibility index (Phi) is 5.97. The first-order valence-corrected chi connectivity index (χ1v) is 10.4. The average molecular weight is 413 g/mol. The molecule has 0 aromatic heterocycles. The summed E-state index contributed by atoms with van der Waals surface area (Å²) >= 11 is 0. The van der Waals surface area contributed by atoms with Gasteiger partial charge in [-0.2, -0.15) is 0 Å². The number of ether oxygens (including phenoxy) is 2. The van der Waals surface area contributed by atoms with E-state index in [0.29, 0.717) is 30.3 Å². The van der Waals surface area contributed by atoms with E-state index in [1.165, 1.54) is 18.6 Å². The molecule has 0 aliphatic carbocycles. The number of anilines is 2. The average Bonchev–Trinajstić information content (AvgIpc) is 2.78. The van der Waals surface area contributed by atoms with E-state index < -0.39 is 0 Å². The fraction of sp³-hybridized carbons (Fsp3) is 0.435. The van der Waals surface area contributed by atoms with E-state index >= 15 is 0 Å². The van der Waals surface area contributed by atoms with E-state index in [4.69, 9.17) is 9.47 Å². The van der Waals surface area contributed by atoms with Crippen LogP contribution in [0.15, 0.2) is 30.3 Å². The quantitative estimate of drug-likeness (QED) is 0.806. The number of carbonyl (C=O) groups is 1. The monoisotopic (exact) mass is 413 g/mol. The second kappa shape index (κ2) is 8.81. The van der Waals surface area contributed by atoms with Gasteiger partial charge >= 0.3 is 6.03 Å². The zero-order valence-corrected chi connectivity index (χ0v) is 17.5. The number of nitrogens with one attached hydrogen (secondary N) is 1. The molecule has 0 radical (unpaired) electrons. The molecule has 2 aliphatic rings. The summed E-state index contributed by atoms with van der Waals surface area (Å²) in [5.41, 5.74) is 3.59. The van der Waals surface area contributed by atoms with Crippen molar-refractivity contribution in [3.05, 3.63) is 47.3 Å². The number of hydrogen-bond donors (Lipinski definition) is 1. The summed E-state index contributed by atoms with van der Waals surface area (Å²) in [4.78, 5) is 17.0. The van der Waals surface area contributed by atoms with Crippen molar-refractivity contribution in [2.45, 2.75) is 32.2 Å². The fourth-order valence-electron chi connectivity index (χ4n) is 4.27. The van der Waals surface area contributed by atoms with E-state index in [1.54, 1.807) is 25.2 Å². The van der Waals surface area contributed by atoms with E-state index in [2.05, 4.69) is 10.2 Å². The molecule has 30 heavy (non-hydrogen) atoms. The number of benzene rings is 2. The third-order valence-corrected chi connectivity index (χ3v) is 5.90. The molecule has 0 spiro atoms. The molecule has 2 aromatic rings. The second-order valence-electron chi connectivity index (χ2n) is 7.79. The molecule has 0 saturated carbocycles. The lowest BCUT2D eigenvalue weighted by atomic mass is 9.99. The number of urea groups is 1. The molecule has 4 rings (SSSR count). The highest BCUT2D eigenvalue weighted by atomic mass is 19.1. The van der Waals surface area contributed by atoms with E-state index in [1.807, 2.05) is 12.1 Å². The number of piperidine rings is 1. The molecule has 6 nitrogen and oxygen atoms in total.